The van der Waals surface area contributed by atoms with E-state index in [1.54, 1.807) is 7.05 Å². The minimum Gasteiger partial charge on any atom is -0.395 e. The first-order chi connectivity index (χ1) is 9.54. The number of carbonyl (C=O) groups is 1. The van der Waals surface area contributed by atoms with Crippen molar-refractivity contribution in [2.24, 2.45) is 0 Å². The van der Waals surface area contributed by atoms with Gasteiger partial charge in [-0.25, -0.2) is 0 Å². The highest BCUT2D eigenvalue weighted by Crippen LogP contribution is 2.23. The smallest absolute Gasteiger partial charge is 0.270 e. The van der Waals surface area contributed by atoms with Crippen molar-refractivity contribution >= 4 is 17.3 Å². The molecular formula is C12H17N3O5. The molecule has 0 aliphatic carbocycles. The number of carbonyl (C=O) groups excluding carboxylic acids is 1. The molecule has 110 valence electrons. The lowest BCUT2D eigenvalue weighted by atomic mass is 10.1. The number of nitrogens with zero attached hydrogens (tertiary/aromatic N) is 2. The van der Waals surface area contributed by atoms with E-state index in [0.29, 0.717) is 5.69 Å². The van der Waals surface area contributed by atoms with Crippen molar-refractivity contribution in [1.29, 1.82) is 0 Å². The van der Waals surface area contributed by atoms with Crippen molar-refractivity contribution in [2.75, 3.05) is 38.7 Å². The summed E-state index contributed by atoms with van der Waals surface area (Å²) < 4.78 is 0. The van der Waals surface area contributed by atoms with E-state index in [9.17, 15) is 14.9 Å². The molecule has 0 aliphatic heterocycles. The first kappa shape index (κ1) is 15.9. The van der Waals surface area contributed by atoms with Crippen LogP contribution in [0.15, 0.2) is 18.2 Å². The van der Waals surface area contributed by atoms with E-state index in [0.717, 1.165) is 0 Å². The summed E-state index contributed by atoms with van der Waals surface area (Å²) in [4.78, 5) is 23.7. The molecule has 0 aromatic heterocycles. The molecule has 0 heterocycles. The fourth-order valence-electron chi connectivity index (χ4n) is 1.77. The number of hydrogen-bond acceptors (Lipinski definition) is 6. The minimum absolute atomic E-state index is 0.0469. The van der Waals surface area contributed by atoms with Crippen molar-refractivity contribution in [2.45, 2.75) is 0 Å². The van der Waals surface area contributed by atoms with Crippen LogP contribution in [0.25, 0.3) is 0 Å². The largest absolute Gasteiger partial charge is 0.395 e. The average Bonchev–Trinajstić information content (AvgIpc) is 2.45. The van der Waals surface area contributed by atoms with Crippen molar-refractivity contribution < 1.29 is 19.9 Å². The highest BCUT2D eigenvalue weighted by Gasteiger charge is 2.21. The summed E-state index contributed by atoms with van der Waals surface area (Å²) in [6, 6.07) is 3.92. The third-order valence-electron chi connectivity index (χ3n) is 2.74. The molecule has 0 saturated heterocycles. The molecule has 0 bridgehead atoms. The number of hydrogen-bond donors (Lipinski definition) is 3. The highest BCUT2D eigenvalue weighted by molar-refractivity contribution is 6.00. The summed E-state index contributed by atoms with van der Waals surface area (Å²) in [6.45, 7) is -0.415. The number of nitro groups is 1. The molecule has 0 radical (unpaired) electrons. The summed E-state index contributed by atoms with van der Waals surface area (Å²) in [7, 11) is 1.60. The van der Waals surface area contributed by atoms with Gasteiger partial charge in [0.15, 0.2) is 0 Å². The van der Waals surface area contributed by atoms with Gasteiger partial charge in [-0.3, -0.25) is 14.9 Å². The molecule has 8 nitrogen and oxygen atoms in total. The van der Waals surface area contributed by atoms with Crippen LogP contribution in [0, 0.1) is 10.1 Å². The molecule has 0 unspecified atom stereocenters. The van der Waals surface area contributed by atoms with Gasteiger partial charge < -0.3 is 20.4 Å². The number of nitrogens with one attached hydrogen (secondary N) is 1. The summed E-state index contributed by atoms with van der Waals surface area (Å²) >= 11 is 0. The molecule has 1 aromatic carbocycles. The Bertz CT molecular complexity index is 486. The van der Waals surface area contributed by atoms with E-state index >= 15 is 0 Å². The molecular weight excluding hydrogens is 266 g/mol. The lowest BCUT2D eigenvalue weighted by Gasteiger charge is -2.21. The number of anilines is 1. The van der Waals surface area contributed by atoms with Gasteiger partial charge in [0.1, 0.15) is 0 Å². The van der Waals surface area contributed by atoms with Gasteiger partial charge in [0, 0.05) is 38.0 Å². The zero-order chi connectivity index (χ0) is 15.1. The van der Waals surface area contributed by atoms with Crippen LogP contribution in [0.5, 0.6) is 0 Å². The van der Waals surface area contributed by atoms with Gasteiger partial charge in [0.05, 0.1) is 23.7 Å². The molecule has 0 spiro atoms. The van der Waals surface area contributed by atoms with Gasteiger partial charge in [-0.1, -0.05) is 0 Å². The maximum Gasteiger partial charge on any atom is 0.270 e. The van der Waals surface area contributed by atoms with Crippen LogP contribution >= 0.6 is 0 Å². The molecule has 3 N–H and O–H groups in total. The second kappa shape index (κ2) is 7.41. The molecule has 20 heavy (non-hydrogen) atoms. The standard InChI is InChI=1S/C12H17N3O5/c1-13-11-3-2-9(15(19)20)8-10(11)12(18)14(4-6-16)5-7-17/h2-3,8,13,16-17H,4-7H2,1H3. The second-order valence-electron chi connectivity index (χ2n) is 3.98. The number of aliphatic hydroxyl groups excluding tert-OH is 2. The van der Waals surface area contributed by atoms with Gasteiger partial charge in [0.25, 0.3) is 11.6 Å². The maximum atomic E-state index is 12.3. The Kier molecular flexibility index (Phi) is 5.88. The summed E-state index contributed by atoms with van der Waals surface area (Å²) in [5.74, 6) is -0.485. The molecule has 0 atom stereocenters. The number of nitro benzene ring substituents is 1. The van der Waals surface area contributed by atoms with Crippen LogP contribution in [-0.4, -0.2) is 59.3 Å². The first-order valence-corrected chi connectivity index (χ1v) is 6.02. The quantitative estimate of drug-likeness (QED) is 0.481. The van der Waals surface area contributed by atoms with Crippen LogP contribution in [0.4, 0.5) is 11.4 Å². The van der Waals surface area contributed by atoms with Crippen LogP contribution in [-0.2, 0) is 0 Å². The predicted octanol–water partition coefficient (Wildman–Crippen LogP) is 0.0633. The van der Waals surface area contributed by atoms with Crippen molar-refractivity contribution in [3.63, 3.8) is 0 Å². The minimum atomic E-state index is -0.585. The van der Waals surface area contributed by atoms with Gasteiger partial charge in [-0.15, -0.1) is 0 Å². The number of rotatable bonds is 7. The van der Waals surface area contributed by atoms with Crippen molar-refractivity contribution in [3.05, 3.63) is 33.9 Å². The predicted molar refractivity (Wildman–Crippen MR) is 72.7 cm³/mol. The zero-order valence-electron chi connectivity index (χ0n) is 11.1. The Morgan fingerprint density at radius 1 is 1.35 bits per heavy atom. The van der Waals surface area contributed by atoms with E-state index in [1.807, 2.05) is 0 Å². The summed E-state index contributed by atoms with van der Waals surface area (Å²) in [5, 5.41) is 31.4. The molecule has 0 aliphatic rings. The third-order valence-corrected chi connectivity index (χ3v) is 2.74. The monoisotopic (exact) mass is 283 g/mol. The molecule has 8 heteroatoms. The van der Waals surface area contributed by atoms with E-state index in [4.69, 9.17) is 10.2 Å². The number of benzene rings is 1. The molecule has 1 aromatic rings. The SMILES string of the molecule is CNc1ccc([N+](=O)[O-])cc1C(=O)N(CCO)CCO. The fourth-order valence-corrected chi connectivity index (χ4v) is 1.77. The van der Waals surface area contributed by atoms with Gasteiger partial charge >= 0.3 is 0 Å². The van der Waals surface area contributed by atoms with Gasteiger partial charge in [-0.2, -0.15) is 0 Å². The van der Waals surface area contributed by atoms with E-state index in [2.05, 4.69) is 5.32 Å². The Morgan fingerprint density at radius 3 is 2.40 bits per heavy atom. The molecule has 1 amide bonds. The van der Waals surface area contributed by atoms with E-state index in [-0.39, 0.29) is 37.6 Å². The van der Waals surface area contributed by atoms with E-state index < -0.39 is 10.8 Å². The number of non-ortho nitro benzene ring substituents is 1. The highest BCUT2D eigenvalue weighted by atomic mass is 16.6. The van der Waals surface area contributed by atoms with Crippen LogP contribution in [0.1, 0.15) is 10.4 Å². The fraction of sp³-hybridized carbons (Fsp3) is 0.417. The lowest BCUT2D eigenvalue weighted by Crippen LogP contribution is -2.36. The lowest BCUT2D eigenvalue weighted by molar-refractivity contribution is -0.384. The number of amides is 1. The summed E-state index contributed by atoms with van der Waals surface area (Å²) in [5.41, 5.74) is 0.380. The number of aliphatic hydroxyl groups is 2. The third kappa shape index (κ3) is 3.65. The van der Waals surface area contributed by atoms with Gasteiger partial charge in [-0.05, 0) is 6.07 Å². The topological polar surface area (TPSA) is 116 Å². The average molecular weight is 283 g/mol. The summed E-state index contributed by atoms with van der Waals surface area (Å²) in [6.07, 6.45) is 0. The Hall–Kier alpha value is -2.19. The Labute approximate surface area is 115 Å². The normalized spacial score (nSPS) is 10.2. The van der Waals surface area contributed by atoms with E-state index in [1.165, 1.54) is 23.1 Å². The zero-order valence-corrected chi connectivity index (χ0v) is 11.1. The molecule has 0 fully saturated rings. The first-order valence-electron chi connectivity index (χ1n) is 6.02. The molecule has 0 saturated carbocycles. The maximum absolute atomic E-state index is 12.3. The van der Waals surface area contributed by atoms with Crippen LogP contribution in [0.3, 0.4) is 0 Å². The Balaban J connectivity index is 3.16. The van der Waals surface area contributed by atoms with Crippen molar-refractivity contribution in [3.8, 4) is 0 Å². The second-order valence-corrected chi connectivity index (χ2v) is 3.98. The van der Waals surface area contributed by atoms with Crippen molar-refractivity contribution in [1.82, 2.24) is 4.90 Å². The molecule has 1 rings (SSSR count). The van der Waals surface area contributed by atoms with Gasteiger partial charge in [0.2, 0.25) is 0 Å². The Morgan fingerprint density at radius 2 is 1.95 bits per heavy atom. The van der Waals surface area contributed by atoms with Crippen LogP contribution in [0.2, 0.25) is 0 Å². The van der Waals surface area contributed by atoms with Crippen LogP contribution < -0.4 is 5.32 Å².